The first kappa shape index (κ1) is 30.4. The van der Waals surface area contributed by atoms with Gasteiger partial charge in [-0.2, -0.15) is 0 Å². The molecule has 228 valence electrons. The van der Waals surface area contributed by atoms with Crippen LogP contribution in [0.5, 0.6) is 5.75 Å². The van der Waals surface area contributed by atoms with Crippen LogP contribution in [0.15, 0.2) is 48.5 Å². The Morgan fingerprint density at radius 3 is 1.95 bits per heavy atom. The number of anilines is 1. The van der Waals surface area contributed by atoms with Gasteiger partial charge in [0.25, 0.3) is 0 Å². The van der Waals surface area contributed by atoms with Crippen molar-refractivity contribution in [2.45, 2.75) is 83.3 Å². The summed E-state index contributed by atoms with van der Waals surface area (Å²) in [6, 6.07) is 14.2. The molecular weight excluding hydrogens is 550 g/mol. The molecule has 6 rings (SSSR count). The van der Waals surface area contributed by atoms with Crippen molar-refractivity contribution < 1.29 is 22.7 Å². The number of hydrogen-bond donors (Lipinski definition) is 1. The van der Waals surface area contributed by atoms with Crippen LogP contribution in [0, 0.1) is 17.8 Å². The highest BCUT2D eigenvalue weighted by molar-refractivity contribution is 7.92. The van der Waals surface area contributed by atoms with Gasteiger partial charge in [0, 0.05) is 12.6 Å². The maximum Gasteiger partial charge on any atom is 0.244 e. The number of hydrogen-bond acceptors (Lipinski definition) is 5. The van der Waals surface area contributed by atoms with E-state index in [1.807, 2.05) is 38.1 Å². The molecule has 2 aromatic carbocycles. The van der Waals surface area contributed by atoms with Crippen molar-refractivity contribution in [2.24, 2.45) is 17.8 Å². The van der Waals surface area contributed by atoms with Gasteiger partial charge in [-0.05, 0) is 118 Å². The Hall–Kier alpha value is -3.07. The zero-order valence-corrected chi connectivity index (χ0v) is 26.3. The van der Waals surface area contributed by atoms with E-state index in [1.165, 1.54) is 49.0 Å². The number of ether oxygens (including phenoxy) is 1. The predicted octanol–water partition coefficient (Wildman–Crippen LogP) is 4.87. The van der Waals surface area contributed by atoms with Crippen molar-refractivity contribution in [3.05, 3.63) is 59.7 Å². The van der Waals surface area contributed by atoms with Crippen LogP contribution in [-0.4, -0.2) is 57.1 Å². The third-order valence-corrected chi connectivity index (χ3v) is 10.7. The first-order chi connectivity index (χ1) is 19.9. The lowest BCUT2D eigenvalue weighted by atomic mass is 9.48. The average Bonchev–Trinajstić information content (AvgIpc) is 2.93. The molecule has 0 unspecified atom stereocenters. The number of sulfonamides is 1. The van der Waals surface area contributed by atoms with Crippen LogP contribution in [0.3, 0.4) is 0 Å². The van der Waals surface area contributed by atoms with Gasteiger partial charge in [0.2, 0.25) is 21.8 Å². The fraction of sp³-hybridized carbons (Fsp3) is 0.576. The van der Waals surface area contributed by atoms with Gasteiger partial charge in [-0.3, -0.25) is 13.9 Å². The van der Waals surface area contributed by atoms with Gasteiger partial charge in [-0.15, -0.1) is 0 Å². The summed E-state index contributed by atoms with van der Waals surface area (Å²) in [4.78, 5) is 28.3. The van der Waals surface area contributed by atoms with Gasteiger partial charge in [0.1, 0.15) is 18.3 Å². The lowest BCUT2D eigenvalue weighted by molar-refractivity contribution is -0.139. The standard InChI is InChI=1S/C33H45N3O5S/c1-22(2)34-32(38)23(3)35(20-24-6-12-30(41-4)13-7-24)31(37)21-36(42(5,39)40)29-10-8-28(9-11-29)33-17-25-14-26(18-33)16-27(15-25)19-33/h6-13,22-23,25-27H,14-21H2,1-5H3,(H,34,38)/t23-,25?,26?,27?,33?/m0/s1. The fourth-order valence-electron chi connectivity index (χ4n) is 7.97. The lowest BCUT2D eigenvalue weighted by Gasteiger charge is -2.57. The smallest absolute Gasteiger partial charge is 0.244 e. The van der Waals surface area contributed by atoms with Gasteiger partial charge >= 0.3 is 0 Å². The molecule has 4 fully saturated rings. The number of nitrogens with zero attached hydrogens (tertiary/aromatic N) is 2. The molecule has 4 aliphatic carbocycles. The number of rotatable bonds is 11. The predicted molar refractivity (Wildman–Crippen MR) is 165 cm³/mol. The third kappa shape index (κ3) is 6.46. The SMILES string of the molecule is COc1ccc(CN(C(=O)CN(c2ccc(C34CC5CC(CC(C5)C3)C4)cc2)S(C)(=O)=O)[C@@H](C)C(=O)NC(C)C)cc1. The second-order valence-electron chi connectivity index (χ2n) is 13.2. The van der Waals surface area contributed by atoms with Crippen LogP contribution in [0.2, 0.25) is 0 Å². The number of methoxy groups -OCH3 is 1. The Bertz CT molecular complexity index is 1350. The molecule has 4 aliphatic rings. The largest absolute Gasteiger partial charge is 0.497 e. The lowest BCUT2D eigenvalue weighted by Crippen LogP contribution is -2.52. The van der Waals surface area contributed by atoms with Gasteiger partial charge < -0.3 is 15.0 Å². The summed E-state index contributed by atoms with van der Waals surface area (Å²) < 4.78 is 32.5. The van der Waals surface area contributed by atoms with Crippen LogP contribution in [0.1, 0.15) is 70.4 Å². The molecule has 1 atom stereocenters. The molecule has 0 saturated heterocycles. The van der Waals surface area contributed by atoms with E-state index in [0.29, 0.717) is 11.4 Å². The highest BCUT2D eigenvalue weighted by Crippen LogP contribution is 2.60. The Kier molecular flexibility index (Phi) is 8.61. The molecule has 4 bridgehead atoms. The molecule has 1 N–H and O–H groups in total. The number of amides is 2. The van der Waals surface area contributed by atoms with Crippen LogP contribution >= 0.6 is 0 Å². The van der Waals surface area contributed by atoms with Crippen LogP contribution in [0.25, 0.3) is 0 Å². The molecule has 8 nitrogen and oxygen atoms in total. The minimum absolute atomic E-state index is 0.0992. The van der Waals surface area contributed by atoms with E-state index in [2.05, 4.69) is 17.4 Å². The Labute approximate surface area is 250 Å². The maximum atomic E-state index is 13.8. The summed E-state index contributed by atoms with van der Waals surface area (Å²) in [6.07, 6.45) is 8.89. The van der Waals surface area contributed by atoms with Gasteiger partial charge in [-0.1, -0.05) is 24.3 Å². The van der Waals surface area contributed by atoms with Crippen molar-refractivity contribution in [3.63, 3.8) is 0 Å². The molecule has 0 heterocycles. The molecule has 42 heavy (non-hydrogen) atoms. The van der Waals surface area contributed by atoms with Crippen molar-refractivity contribution in [2.75, 3.05) is 24.2 Å². The number of nitrogens with one attached hydrogen (secondary N) is 1. The molecule has 2 aromatic rings. The van der Waals surface area contributed by atoms with Gasteiger partial charge in [-0.25, -0.2) is 8.42 Å². The summed E-state index contributed by atoms with van der Waals surface area (Å²) in [5, 5.41) is 2.87. The minimum atomic E-state index is -3.78. The Balaban J connectivity index is 1.38. The molecule has 0 aliphatic heterocycles. The average molecular weight is 596 g/mol. The van der Waals surface area contributed by atoms with Crippen molar-refractivity contribution >= 4 is 27.5 Å². The first-order valence-corrected chi connectivity index (χ1v) is 17.0. The zero-order valence-electron chi connectivity index (χ0n) is 25.5. The van der Waals surface area contributed by atoms with E-state index in [9.17, 15) is 18.0 Å². The zero-order chi connectivity index (χ0) is 30.2. The normalized spacial score (nSPS) is 25.2. The Morgan fingerprint density at radius 2 is 1.48 bits per heavy atom. The number of carbonyl (C=O) groups is 2. The van der Waals surface area contributed by atoms with Gasteiger partial charge in [0.15, 0.2) is 0 Å². The van der Waals surface area contributed by atoms with E-state index in [4.69, 9.17) is 4.74 Å². The quantitative estimate of drug-likeness (QED) is 0.400. The fourth-order valence-corrected chi connectivity index (χ4v) is 8.82. The third-order valence-electron chi connectivity index (χ3n) is 9.60. The van der Waals surface area contributed by atoms with E-state index in [-0.39, 0.29) is 23.9 Å². The van der Waals surface area contributed by atoms with Crippen LogP contribution < -0.4 is 14.4 Å². The highest BCUT2D eigenvalue weighted by Gasteiger charge is 2.51. The minimum Gasteiger partial charge on any atom is -0.497 e. The Morgan fingerprint density at radius 1 is 0.929 bits per heavy atom. The van der Waals surface area contributed by atoms with Crippen LogP contribution in [0.4, 0.5) is 5.69 Å². The highest BCUT2D eigenvalue weighted by atomic mass is 32.2. The first-order valence-electron chi connectivity index (χ1n) is 15.2. The van der Waals surface area contributed by atoms with Crippen molar-refractivity contribution in [1.82, 2.24) is 10.2 Å². The van der Waals surface area contributed by atoms with Crippen molar-refractivity contribution in [3.8, 4) is 5.75 Å². The van der Waals surface area contributed by atoms with Crippen molar-refractivity contribution in [1.29, 1.82) is 0 Å². The van der Waals surface area contributed by atoms with Gasteiger partial charge in [0.05, 0.1) is 19.1 Å². The van der Waals surface area contributed by atoms with E-state index >= 15 is 0 Å². The van der Waals surface area contributed by atoms with E-state index < -0.39 is 28.5 Å². The number of carbonyl (C=O) groups excluding carboxylic acids is 2. The molecule has 9 heteroatoms. The topological polar surface area (TPSA) is 96.0 Å². The molecule has 0 spiro atoms. The molecule has 0 aromatic heterocycles. The van der Waals surface area contributed by atoms with Crippen LogP contribution in [-0.2, 0) is 31.6 Å². The monoisotopic (exact) mass is 595 g/mol. The van der Waals surface area contributed by atoms with E-state index in [0.717, 1.165) is 33.9 Å². The summed E-state index contributed by atoms with van der Waals surface area (Å²) in [6.45, 7) is 5.14. The summed E-state index contributed by atoms with van der Waals surface area (Å²) >= 11 is 0. The molecule has 4 saturated carbocycles. The molecular formula is C33H45N3O5S. The molecule has 2 amide bonds. The van der Waals surface area contributed by atoms with E-state index in [1.54, 1.807) is 26.2 Å². The second-order valence-corrected chi connectivity index (χ2v) is 15.1. The molecule has 0 radical (unpaired) electrons. The summed E-state index contributed by atoms with van der Waals surface area (Å²) in [7, 11) is -2.20. The summed E-state index contributed by atoms with van der Waals surface area (Å²) in [5.41, 5.74) is 2.76. The summed E-state index contributed by atoms with van der Waals surface area (Å²) in [5.74, 6) is 2.38. The maximum absolute atomic E-state index is 13.8. The number of benzene rings is 2. The second kappa shape index (κ2) is 11.9.